The topological polar surface area (TPSA) is 47.7 Å². The summed E-state index contributed by atoms with van der Waals surface area (Å²) < 4.78 is 10.4. The van der Waals surface area contributed by atoms with Crippen LogP contribution in [0.3, 0.4) is 0 Å². The third-order valence-corrected chi connectivity index (χ3v) is 4.07. The predicted octanol–water partition coefficient (Wildman–Crippen LogP) is 1.49. The smallest absolute Gasteiger partial charge is 0.0589 e. The Labute approximate surface area is 112 Å². The summed E-state index contributed by atoms with van der Waals surface area (Å²) in [5.41, 5.74) is 6.02. The van der Waals surface area contributed by atoms with E-state index in [1.54, 1.807) is 14.2 Å². The summed E-state index contributed by atoms with van der Waals surface area (Å²) in [6.07, 6.45) is 6.79. The molecule has 1 saturated carbocycles. The monoisotopic (exact) mass is 258 g/mol. The molecule has 0 spiro atoms. The quantitative estimate of drug-likeness (QED) is 0.681. The predicted molar refractivity (Wildman–Crippen MR) is 74.7 cm³/mol. The molecule has 0 aromatic carbocycles. The van der Waals surface area contributed by atoms with Gasteiger partial charge in [-0.25, -0.2) is 0 Å². The first-order chi connectivity index (χ1) is 8.83. The molecule has 2 N–H and O–H groups in total. The number of methoxy groups -OCH3 is 2. The second kappa shape index (κ2) is 9.73. The van der Waals surface area contributed by atoms with Gasteiger partial charge in [0.25, 0.3) is 0 Å². The molecule has 1 atom stereocenters. The van der Waals surface area contributed by atoms with Crippen molar-refractivity contribution < 1.29 is 9.47 Å². The molecule has 0 aromatic heterocycles. The number of nitrogens with zero attached hydrogens (tertiary/aromatic N) is 1. The third-order valence-electron chi connectivity index (χ3n) is 4.07. The van der Waals surface area contributed by atoms with Gasteiger partial charge in [0.05, 0.1) is 13.2 Å². The van der Waals surface area contributed by atoms with Gasteiger partial charge in [-0.15, -0.1) is 0 Å². The van der Waals surface area contributed by atoms with E-state index in [1.165, 1.54) is 32.1 Å². The Hall–Kier alpha value is -0.160. The van der Waals surface area contributed by atoms with Crippen molar-refractivity contribution in [2.24, 2.45) is 11.7 Å². The Morgan fingerprint density at radius 1 is 1.06 bits per heavy atom. The van der Waals surface area contributed by atoms with Gasteiger partial charge < -0.3 is 15.2 Å². The standard InChI is InChI=1S/C14H30N2O2/c1-17-10-8-16(9-11-18-2)14(12-15)13-6-4-3-5-7-13/h13-14H,3-12,15H2,1-2H3. The first-order valence-electron chi connectivity index (χ1n) is 7.25. The van der Waals surface area contributed by atoms with Gasteiger partial charge in [-0.3, -0.25) is 4.90 Å². The lowest BCUT2D eigenvalue weighted by Crippen LogP contribution is -2.48. The molecule has 0 amide bonds. The van der Waals surface area contributed by atoms with Crippen LogP contribution in [0.4, 0.5) is 0 Å². The van der Waals surface area contributed by atoms with E-state index in [-0.39, 0.29) is 0 Å². The fraction of sp³-hybridized carbons (Fsp3) is 1.00. The molecule has 18 heavy (non-hydrogen) atoms. The molecule has 1 rings (SSSR count). The Kier molecular flexibility index (Phi) is 8.59. The van der Waals surface area contributed by atoms with Crippen LogP contribution in [0.15, 0.2) is 0 Å². The molecule has 1 aliphatic carbocycles. The van der Waals surface area contributed by atoms with Gasteiger partial charge in [-0.05, 0) is 18.8 Å². The van der Waals surface area contributed by atoms with Crippen molar-refractivity contribution in [3.8, 4) is 0 Å². The summed E-state index contributed by atoms with van der Waals surface area (Å²) in [4.78, 5) is 2.46. The fourth-order valence-electron chi connectivity index (χ4n) is 3.02. The SMILES string of the molecule is COCCN(CCOC)C(CN)C1CCCCC1. The molecule has 0 aliphatic heterocycles. The summed E-state index contributed by atoms with van der Waals surface area (Å²) >= 11 is 0. The van der Waals surface area contributed by atoms with Crippen LogP contribution in [0.5, 0.6) is 0 Å². The van der Waals surface area contributed by atoms with Crippen LogP contribution in [0, 0.1) is 5.92 Å². The number of rotatable bonds is 9. The van der Waals surface area contributed by atoms with Crippen molar-refractivity contribution in [2.45, 2.75) is 38.1 Å². The summed E-state index contributed by atoms with van der Waals surface area (Å²) in [7, 11) is 3.51. The first kappa shape index (κ1) is 15.9. The maximum Gasteiger partial charge on any atom is 0.0589 e. The Morgan fingerprint density at radius 2 is 1.61 bits per heavy atom. The second-order valence-corrected chi connectivity index (χ2v) is 5.22. The number of ether oxygens (including phenoxy) is 2. The number of nitrogens with two attached hydrogens (primary N) is 1. The zero-order valence-electron chi connectivity index (χ0n) is 12.1. The van der Waals surface area contributed by atoms with Gasteiger partial charge in [0.2, 0.25) is 0 Å². The number of hydrogen-bond donors (Lipinski definition) is 1. The van der Waals surface area contributed by atoms with E-state index in [0.29, 0.717) is 6.04 Å². The largest absolute Gasteiger partial charge is 0.383 e. The second-order valence-electron chi connectivity index (χ2n) is 5.22. The molecule has 0 radical (unpaired) electrons. The highest BCUT2D eigenvalue weighted by Gasteiger charge is 2.27. The zero-order valence-corrected chi connectivity index (χ0v) is 12.1. The lowest BCUT2D eigenvalue weighted by molar-refractivity contribution is 0.0599. The third kappa shape index (κ3) is 5.22. The fourth-order valence-corrected chi connectivity index (χ4v) is 3.02. The highest BCUT2D eigenvalue weighted by molar-refractivity contribution is 4.82. The molecule has 0 heterocycles. The van der Waals surface area contributed by atoms with Crippen LogP contribution in [0.1, 0.15) is 32.1 Å². The highest BCUT2D eigenvalue weighted by Crippen LogP contribution is 2.28. The molecule has 1 fully saturated rings. The average Bonchev–Trinajstić information content (AvgIpc) is 2.43. The molecule has 0 saturated heterocycles. The first-order valence-corrected chi connectivity index (χ1v) is 7.25. The van der Waals surface area contributed by atoms with Crippen LogP contribution < -0.4 is 5.73 Å². The minimum absolute atomic E-state index is 0.496. The molecule has 1 unspecified atom stereocenters. The molecular formula is C14H30N2O2. The lowest BCUT2D eigenvalue weighted by atomic mass is 9.83. The van der Waals surface area contributed by atoms with Crippen LogP contribution in [0.2, 0.25) is 0 Å². The Bertz CT molecular complexity index is 188. The Morgan fingerprint density at radius 3 is 2.06 bits per heavy atom. The van der Waals surface area contributed by atoms with Crippen molar-refractivity contribution in [2.75, 3.05) is 47.1 Å². The minimum Gasteiger partial charge on any atom is -0.383 e. The van der Waals surface area contributed by atoms with Gasteiger partial charge in [0.15, 0.2) is 0 Å². The van der Waals surface area contributed by atoms with Crippen LogP contribution in [-0.2, 0) is 9.47 Å². The van der Waals surface area contributed by atoms with Crippen molar-refractivity contribution in [1.82, 2.24) is 4.90 Å². The van der Waals surface area contributed by atoms with Crippen LogP contribution >= 0.6 is 0 Å². The lowest BCUT2D eigenvalue weighted by Gasteiger charge is -2.38. The van der Waals surface area contributed by atoms with Gasteiger partial charge in [0, 0.05) is 39.9 Å². The molecule has 1 aliphatic rings. The van der Waals surface area contributed by atoms with Crippen molar-refractivity contribution >= 4 is 0 Å². The van der Waals surface area contributed by atoms with Gasteiger partial charge in [-0.1, -0.05) is 19.3 Å². The molecule has 0 bridgehead atoms. The van der Waals surface area contributed by atoms with E-state index in [9.17, 15) is 0 Å². The molecule has 4 heteroatoms. The molecule has 0 aromatic rings. The van der Waals surface area contributed by atoms with Crippen molar-refractivity contribution in [3.63, 3.8) is 0 Å². The summed E-state index contributed by atoms with van der Waals surface area (Å²) in [6.45, 7) is 4.20. The van der Waals surface area contributed by atoms with Crippen molar-refractivity contribution in [1.29, 1.82) is 0 Å². The average molecular weight is 258 g/mol. The van der Waals surface area contributed by atoms with Crippen LogP contribution in [0.25, 0.3) is 0 Å². The summed E-state index contributed by atoms with van der Waals surface area (Å²) in [6, 6.07) is 0.496. The van der Waals surface area contributed by atoms with Gasteiger partial charge in [-0.2, -0.15) is 0 Å². The molecular weight excluding hydrogens is 228 g/mol. The summed E-state index contributed by atoms with van der Waals surface area (Å²) in [5.74, 6) is 0.762. The molecule has 4 nitrogen and oxygen atoms in total. The van der Waals surface area contributed by atoms with E-state index in [2.05, 4.69) is 4.90 Å². The zero-order chi connectivity index (χ0) is 13.2. The summed E-state index contributed by atoms with van der Waals surface area (Å²) in [5, 5.41) is 0. The van der Waals surface area contributed by atoms with Gasteiger partial charge >= 0.3 is 0 Å². The molecule has 108 valence electrons. The van der Waals surface area contributed by atoms with Crippen LogP contribution in [-0.4, -0.2) is 58.0 Å². The minimum atomic E-state index is 0.496. The normalized spacial score (nSPS) is 19.3. The van der Waals surface area contributed by atoms with E-state index in [4.69, 9.17) is 15.2 Å². The van der Waals surface area contributed by atoms with E-state index in [1.807, 2.05) is 0 Å². The van der Waals surface area contributed by atoms with E-state index < -0.39 is 0 Å². The number of hydrogen-bond acceptors (Lipinski definition) is 4. The maximum absolute atomic E-state index is 6.02. The highest BCUT2D eigenvalue weighted by atomic mass is 16.5. The van der Waals surface area contributed by atoms with E-state index >= 15 is 0 Å². The van der Waals surface area contributed by atoms with Gasteiger partial charge in [0.1, 0.15) is 0 Å². The maximum atomic E-state index is 6.02. The Balaban J connectivity index is 2.52. The van der Waals surface area contributed by atoms with E-state index in [0.717, 1.165) is 38.8 Å². The van der Waals surface area contributed by atoms with Crippen molar-refractivity contribution in [3.05, 3.63) is 0 Å².